The minimum atomic E-state index is -1.05. The van der Waals surface area contributed by atoms with E-state index in [1.54, 1.807) is 0 Å². The first-order valence-electron chi connectivity index (χ1n) is 7.08. The number of hydrogen-bond donors (Lipinski definition) is 2. The number of hydrogen-bond acceptors (Lipinski definition) is 4. The quantitative estimate of drug-likeness (QED) is 0.770. The number of carboxylic acid groups (broad SMARTS) is 1. The Morgan fingerprint density at radius 1 is 1.40 bits per heavy atom. The molecule has 0 aromatic heterocycles. The van der Waals surface area contributed by atoms with E-state index in [1.807, 2.05) is 20.8 Å². The Hall–Kier alpha value is -1.14. The van der Waals surface area contributed by atoms with E-state index < -0.39 is 18.1 Å². The lowest BCUT2D eigenvalue weighted by molar-refractivity contribution is -0.146. The summed E-state index contributed by atoms with van der Waals surface area (Å²) in [4.78, 5) is 23.1. The highest BCUT2D eigenvalue weighted by Gasteiger charge is 2.27. The number of rotatable bonds is 6. The van der Waals surface area contributed by atoms with E-state index in [4.69, 9.17) is 14.6 Å². The SMILES string of the molecule is CC(C)(C)OCCC(NC(=O)C1CCCCO1)C(=O)O. The fourth-order valence-electron chi connectivity index (χ4n) is 1.95. The molecule has 0 radical (unpaired) electrons. The van der Waals surface area contributed by atoms with Crippen molar-refractivity contribution in [2.24, 2.45) is 0 Å². The zero-order chi connectivity index (χ0) is 15.2. The lowest BCUT2D eigenvalue weighted by Gasteiger charge is -2.25. The third-order valence-electron chi connectivity index (χ3n) is 3.03. The van der Waals surface area contributed by atoms with Gasteiger partial charge in [0, 0.05) is 19.6 Å². The summed E-state index contributed by atoms with van der Waals surface area (Å²) in [5.41, 5.74) is -0.320. The number of carbonyl (C=O) groups is 2. The van der Waals surface area contributed by atoms with Crippen LogP contribution in [-0.2, 0) is 19.1 Å². The molecule has 2 N–H and O–H groups in total. The molecule has 1 aliphatic heterocycles. The molecule has 0 aromatic rings. The molecule has 1 rings (SSSR count). The number of amides is 1. The molecule has 1 heterocycles. The number of ether oxygens (including phenoxy) is 2. The standard InChI is InChI=1S/C14H25NO5/c1-14(2,3)20-9-7-10(13(17)18)15-12(16)11-6-4-5-8-19-11/h10-11H,4-9H2,1-3H3,(H,15,16)(H,17,18). The molecule has 116 valence electrons. The van der Waals surface area contributed by atoms with Crippen molar-refractivity contribution in [3.8, 4) is 0 Å². The summed E-state index contributed by atoms with van der Waals surface area (Å²) < 4.78 is 10.8. The van der Waals surface area contributed by atoms with Gasteiger partial charge in [0.1, 0.15) is 12.1 Å². The van der Waals surface area contributed by atoms with Gasteiger partial charge in [-0.1, -0.05) is 0 Å². The van der Waals surface area contributed by atoms with Crippen molar-refractivity contribution >= 4 is 11.9 Å². The highest BCUT2D eigenvalue weighted by atomic mass is 16.5. The molecule has 0 bridgehead atoms. The maximum atomic E-state index is 11.9. The van der Waals surface area contributed by atoms with Crippen molar-refractivity contribution in [1.29, 1.82) is 0 Å². The van der Waals surface area contributed by atoms with E-state index in [2.05, 4.69) is 5.32 Å². The van der Waals surface area contributed by atoms with Crippen LogP contribution in [0, 0.1) is 0 Å². The minimum Gasteiger partial charge on any atom is -0.480 e. The second-order valence-electron chi connectivity index (χ2n) is 6.00. The Morgan fingerprint density at radius 2 is 2.10 bits per heavy atom. The van der Waals surface area contributed by atoms with Gasteiger partial charge in [0.05, 0.1) is 5.60 Å². The molecule has 2 unspecified atom stereocenters. The Kier molecular flexibility index (Phi) is 6.42. The van der Waals surface area contributed by atoms with Crippen LogP contribution in [0.1, 0.15) is 46.5 Å². The van der Waals surface area contributed by atoms with Crippen LogP contribution in [0.3, 0.4) is 0 Å². The topological polar surface area (TPSA) is 84.9 Å². The molecule has 0 aromatic carbocycles. The Labute approximate surface area is 119 Å². The summed E-state index contributed by atoms with van der Waals surface area (Å²) >= 11 is 0. The van der Waals surface area contributed by atoms with Crippen LogP contribution in [0.25, 0.3) is 0 Å². The van der Waals surface area contributed by atoms with Gasteiger partial charge in [-0.15, -0.1) is 0 Å². The summed E-state index contributed by atoms with van der Waals surface area (Å²) in [7, 11) is 0. The van der Waals surface area contributed by atoms with Gasteiger partial charge < -0.3 is 19.9 Å². The average Bonchev–Trinajstić information content (AvgIpc) is 2.37. The van der Waals surface area contributed by atoms with E-state index >= 15 is 0 Å². The third-order valence-corrected chi connectivity index (χ3v) is 3.03. The van der Waals surface area contributed by atoms with Crippen molar-refractivity contribution in [2.45, 2.75) is 64.2 Å². The van der Waals surface area contributed by atoms with E-state index in [0.29, 0.717) is 13.0 Å². The van der Waals surface area contributed by atoms with E-state index in [9.17, 15) is 9.59 Å². The Morgan fingerprint density at radius 3 is 2.60 bits per heavy atom. The molecule has 1 amide bonds. The first-order chi connectivity index (χ1) is 9.29. The van der Waals surface area contributed by atoms with Crippen LogP contribution in [0.5, 0.6) is 0 Å². The van der Waals surface area contributed by atoms with Crippen LogP contribution in [0.2, 0.25) is 0 Å². The first-order valence-corrected chi connectivity index (χ1v) is 7.08. The van der Waals surface area contributed by atoms with Crippen molar-refractivity contribution < 1.29 is 24.2 Å². The summed E-state index contributed by atoms with van der Waals surface area (Å²) in [6.07, 6.45) is 2.25. The second kappa shape index (κ2) is 7.59. The highest BCUT2D eigenvalue weighted by molar-refractivity contribution is 5.86. The molecule has 2 atom stereocenters. The molecule has 0 aliphatic carbocycles. The van der Waals surface area contributed by atoms with Crippen molar-refractivity contribution in [1.82, 2.24) is 5.32 Å². The fourth-order valence-corrected chi connectivity index (χ4v) is 1.95. The van der Waals surface area contributed by atoms with Gasteiger partial charge in [-0.05, 0) is 40.0 Å². The van der Waals surface area contributed by atoms with Gasteiger partial charge in [-0.2, -0.15) is 0 Å². The van der Waals surface area contributed by atoms with E-state index in [1.165, 1.54) is 0 Å². The molecule has 0 saturated carbocycles. The lowest BCUT2D eigenvalue weighted by Crippen LogP contribution is -2.47. The van der Waals surface area contributed by atoms with Gasteiger partial charge in [-0.3, -0.25) is 4.79 Å². The largest absolute Gasteiger partial charge is 0.480 e. The monoisotopic (exact) mass is 287 g/mol. The van der Waals surface area contributed by atoms with Crippen LogP contribution >= 0.6 is 0 Å². The maximum absolute atomic E-state index is 11.9. The molecule has 20 heavy (non-hydrogen) atoms. The summed E-state index contributed by atoms with van der Waals surface area (Å²) in [5.74, 6) is -1.39. The highest BCUT2D eigenvalue weighted by Crippen LogP contribution is 2.13. The molecular formula is C14H25NO5. The minimum absolute atomic E-state index is 0.241. The van der Waals surface area contributed by atoms with Gasteiger partial charge >= 0.3 is 5.97 Å². The smallest absolute Gasteiger partial charge is 0.326 e. The predicted molar refractivity (Wildman–Crippen MR) is 73.5 cm³/mol. The molecular weight excluding hydrogens is 262 g/mol. The van der Waals surface area contributed by atoms with Gasteiger partial charge in [0.25, 0.3) is 0 Å². The van der Waals surface area contributed by atoms with Crippen molar-refractivity contribution in [2.75, 3.05) is 13.2 Å². The third kappa shape index (κ3) is 6.34. The normalized spacial score (nSPS) is 21.2. The first kappa shape index (κ1) is 16.9. The Bertz CT molecular complexity index is 331. The van der Waals surface area contributed by atoms with E-state index in [0.717, 1.165) is 12.8 Å². The number of carboxylic acids is 1. The number of nitrogens with one attached hydrogen (secondary N) is 1. The molecule has 1 fully saturated rings. The number of aliphatic carboxylic acids is 1. The molecule has 0 spiro atoms. The van der Waals surface area contributed by atoms with Crippen LogP contribution in [0.4, 0.5) is 0 Å². The molecule has 6 heteroatoms. The second-order valence-corrected chi connectivity index (χ2v) is 6.00. The van der Waals surface area contributed by atoms with Crippen LogP contribution < -0.4 is 5.32 Å². The summed E-state index contributed by atoms with van der Waals surface area (Å²) in [5, 5.41) is 11.7. The molecule has 1 aliphatic rings. The maximum Gasteiger partial charge on any atom is 0.326 e. The average molecular weight is 287 g/mol. The van der Waals surface area contributed by atoms with Gasteiger partial charge in [0.2, 0.25) is 5.91 Å². The zero-order valence-corrected chi connectivity index (χ0v) is 12.5. The van der Waals surface area contributed by atoms with Gasteiger partial charge in [0.15, 0.2) is 0 Å². The van der Waals surface area contributed by atoms with E-state index in [-0.39, 0.29) is 24.5 Å². The molecule has 6 nitrogen and oxygen atoms in total. The Balaban J connectivity index is 2.41. The predicted octanol–water partition coefficient (Wildman–Crippen LogP) is 1.33. The summed E-state index contributed by atoms with van der Waals surface area (Å²) in [6, 6.07) is -0.935. The van der Waals surface area contributed by atoms with Crippen LogP contribution in [0.15, 0.2) is 0 Å². The number of carbonyl (C=O) groups excluding carboxylic acids is 1. The lowest BCUT2D eigenvalue weighted by atomic mass is 10.1. The summed E-state index contributed by atoms with van der Waals surface area (Å²) in [6.45, 7) is 6.54. The van der Waals surface area contributed by atoms with Crippen molar-refractivity contribution in [3.05, 3.63) is 0 Å². The van der Waals surface area contributed by atoms with Gasteiger partial charge in [-0.25, -0.2) is 4.79 Å². The van der Waals surface area contributed by atoms with Crippen molar-refractivity contribution in [3.63, 3.8) is 0 Å². The fraction of sp³-hybridized carbons (Fsp3) is 0.857. The van der Waals surface area contributed by atoms with Crippen LogP contribution in [-0.4, -0.2) is 47.9 Å². The molecule has 1 saturated heterocycles. The zero-order valence-electron chi connectivity index (χ0n) is 12.5.